The molecular weight excluding hydrogens is 184 g/mol. The van der Waals surface area contributed by atoms with E-state index in [0.717, 1.165) is 25.9 Å². The Morgan fingerprint density at radius 3 is 2.07 bits per heavy atom. The number of nitrogens with zero attached hydrogens (tertiary/aromatic N) is 1. The van der Waals surface area contributed by atoms with Gasteiger partial charge in [0.25, 0.3) is 0 Å². The van der Waals surface area contributed by atoms with E-state index in [2.05, 4.69) is 25.7 Å². The molecule has 0 N–H and O–H groups in total. The van der Waals surface area contributed by atoms with Crippen molar-refractivity contribution in [2.24, 2.45) is 5.92 Å². The summed E-state index contributed by atoms with van der Waals surface area (Å²) in [5.41, 5.74) is 0.190. The highest BCUT2D eigenvalue weighted by atomic mass is 19.3. The molecule has 0 saturated carbocycles. The van der Waals surface area contributed by atoms with Crippen molar-refractivity contribution in [3.8, 4) is 0 Å². The first kappa shape index (κ1) is 11.9. The second-order valence-electron chi connectivity index (χ2n) is 5.23. The summed E-state index contributed by atoms with van der Waals surface area (Å²) in [7, 11) is 0. The van der Waals surface area contributed by atoms with Gasteiger partial charge in [0.2, 0.25) is 6.43 Å². The van der Waals surface area contributed by atoms with Gasteiger partial charge in [-0.1, -0.05) is 0 Å². The highest BCUT2D eigenvalue weighted by Gasteiger charge is 2.27. The second-order valence-corrected chi connectivity index (χ2v) is 5.23. The number of likely N-dealkylation sites (tertiary alicyclic amines) is 1. The van der Waals surface area contributed by atoms with Crippen LogP contribution in [-0.4, -0.2) is 30.0 Å². The second kappa shape index (κ2) is 4.56. The summed E-state index contributed by atoms with van der Waals surface area (Å²) in [6, 6.07) is 0. The molecule has 0 unspecified atom stereocenters. The Kier molecular flexibility index (Phi) is 3.87. The molecule has 1 aliphatic heterocycles. The first-order valence-electron chi connectivity index (χ1n) is 5.43. The summed E-state index contributed by atoms with van der Waals surface area (Å²) < 4.78 is 24.3. The molecule has 1 nitrogen and oxygen atoms in total. The van der Waals surface area contributed by atoms with Crippen molar-refractivity contribution < 1.29 is 8.78 Å². The van der Waals surface area contributed by atoms with Crippen LogP contribution in [0.2, 0.25) is 0 Å². The van der Waals surface area contributed by atoms with Crippen LogP contribution in [0.25, 0.3) is 0 Å². The standard InChI is InChI=1S/C11H21F2N/c1-11(2,3)14-6-4-9(5-7-14)8-10(12)13/h9-10H,4-8H2,1-3H3. The molecule has 0 spiro atoms. The molecular formula is C11H21F2N. The van der Waals surface area contributed by atoms with E-state index < -0.39 is 6.43 Å². The highest BCUT2D eigenvalue weighted by molar-refractivity contribution is 4.81. The minimum absolute atomic E-state index is 0.0952. The minimum atomic E-state index is -2.12. The van der Waals surface area contributed by atoms with Crippen molar-refractivity contribution in [3.63, 3.8) is 0 Å². The molecule has 0 aromatic carbocycles. The van der Waals surface area contributed by atoms with Gasteiger partial charge in [-0.05, 0) is 52.6 Å². The zero-order chi connectivity index (χ0) is 10.8. The molecule has 0 aliphatic carbocycles. The van der Waals surface area contributed by atoms with E-state index in [9.17, 15) is 8.78 Å². The summed E-state index contributed by atoms with van der Waals surface area (Å²) in [4.78, 5) is 2.38. The van der Waals surface area contributed by atoms with Crippen molar-refractivity contribution in [1.82, 2.24) is 4.90 Å². The Labute approximate surface area is 85.5 Å². The van der Waals surface area contributed by atoms with Gasteiger partial charge in [0, 0.05) is 12.0 Å². The van der Waals surface area contributed by atoms with Crippen molar-refractivity contribution >= 4 is 0 Å². The molecule has 1 fully saturated rings. The van der Waals surface area contributed by atoms with E-state index in [0.29, 0.717) is 0 Å². The van der Waals surface area contributed by atoms with Crippen LogP contribution in [0.15, 0.2) is 0 Å². The average molecular weight is 205 g/mol. The summed E-state index contributed by atoms with van der Waals surface area (Å²) in [6.45, 7) is 8.49. The van der Waals surface area contributed by atoms with Gasteiger partial charge in [-0.3, -0.25) is 4.90 Å². The van der Waals surface area contributed by atoms with E-state index in [-0.39, 0.29) is 17.9 Å². The van der Waals surface area contributed by atoms with E-state index in [1.807, 2.05) is 0 Å². The summed E-state index contributed by atoms with van der Waals surface area (Å²) in [6.07, 6.45) is -0.164. The van der Waals surface area contributed by atoms with E-state index in [4.69, 9.17) is 0 Å². The molecule has 1 heterocycles. The number of piperidine rings is 1. The van der Waals surface area contributed by atoms with Gasteiger partial charge in [0.15, 0.2) is 0 Å². The lowest BCUT2D eigenvalue weighted by molar-refractivity contribution is 0.0548. The number of hydrogen-bond acceptors (Lipinski definition) is 1. The normalized spacial score (nSPS) is 21.9. The zero-order valence-corrected chi connectivity index (χ0v) is 9.39. The maximum Gasteiger partial charge on any atom is 0.238 e. The van der Waals surface area contributed by atoms with Crippen LogP contribution >= 0.6 is 0 Å². The Hall–Kier alpha value is -0.180. The number of alkyl halides is 2. The van der Waals surface area contributed by atoms with E-state index in [1.165, 1.54) is 0 Å². The van der Waals surface area contributed by atoms with Gasteiger partial charge in [-0.2, -0.15) is 0 Å². The first-order valence-corrected chi connectivity index (χ1v) is 5.43. The van der Waals surface area contributed by atoms with Crippen molar-refractivity contribution in [2.75, 3.05) is 13.1 Å². The maximum absolute atomic E-state index is 12.1. The molecule has 1 aliphatic rings. The lowest BCUT2D eigenvalue weighted by Gasteiger charge is -2.40. The molecule has 3 heteroatoms. The number of halogens is 2. The number of hydrogen-bond donors (Lipinski definition) is 0. The SMILES string of the molecule is CC(C)(C)N1CCC(CC(F)F)CC1. The zero-order valence-electron chi connectivity index (χ0n) is 9.39. The van der Waals surface area contributed by atoms with Crippen LogP contribution in [-0.2, 0) is 0 Å². The molecule has 0 bridgehead atoms. The molecule has 0 atom stereocenters. The molecule has 14 heavy (non-hydrogen) atoms. The van der Waals surface area contributed by atoms with Gasteiger partial charge < -0.3 is 0 Å². The Bertz CT molecular complexity index is 167. The summed E-state index contributed by atoms with van der Waals surface area (Å²) in [5.74, 6) is 0.244. The third-order valence-electron chi connectivity index (χ3n) is 3.07. The largest absolute Gasteiger partial charge is 0.298 e. The molecule has 84 valence electrons. The monoisotopic (exact) mass is 205 g/mol. The van der Waals surface area contributed by atoms with Crippen molar-refractivity contribution in [2.45, 2.75) is 52.0 Å². The predicted molar refractivity (Wildman–Crippen MR) is 54.7 cm³/mol. The Balaban J connectivity index is 2.31. The fraction of sp³-hybridized carbons (Fsp3) is 1.00. The quantitative estimate of drug-likeness (QED) is 0.669. The molecule has 0 amide bonds. The Morgan fingerprint density at radius 2 is 1.71 bits per heavy atom. The van der Waals surface area contributed by atoms with Gasteiger partial charge in [-0.25, -0.2) is 8.78 Å². The lowest BCUT2D eigenvalue weighted by Crippen LogP contribution is -2.46. The molecule has 1 rings (SSSR count). The maximum atomic E-state index is 12.1. The lowest BCUT2D eigenvalue weighted by atomic mass is 9.91. The van der Waals surface area contributed by atoms with Gasteiger partial charge in [0.05, 0.1) is 0 Å². The molecule has 1 saturated heterocycles. The van der Waals surface area contributed by atoms with Crippen molar-refractivity contribution in [1.29, 1.82) is 0 Å². The van der Waals surface area contributed by atoms with Gasteiger partial charge >= 0.3 is 0 Å². The van der Waals surface area contributed by atoms with Crippen LogP contribution in [0.4, 0.5) is 8.78 Å². The minimum Gasteiger partial charge on any atom is -0.298 e. The smallest absolute Gasteiger partial charge is 0.238 e. The third-order valence-corrected chi connectivity index (χ3v) is 3.07. The molecule has 0 aromatic rings. The van der Waals surface area contributed by atoms with E-state index in [1.54, 1.807) is 0 Å². The summed E-state index contributed by atoms with van der Waals surface area (Å²) in [5, 5.41) is 0. The van der Waals surface area contributed by atoms with Crippen LogP contribution in [0.5, 0.6) is 0 Å². The number of rotatable bonds is 2. The van der Waals surface area contributed by atoms with Crippen LogP contribution in [0, 0.1) is 5.92 Å². The van der Waals surface area contributed by atoms with E-state index >= 15 is 0 Å². The topological polar surface area (TPSA) is 3.24 Å². The van der Waals surface area contributed by atoms with Crippen LogP contribution in [0.1, 0.15) is 40.0 Å². The molecule has 0 aromatic heterocycles. The fourth-order valence-corrected chi connectivity index (χ4v) is 2.09. The molecule has 0 radical (unpaired) electrons. The summed E-state index contributed by atoms with van der Waals surface area (Å²) >= 11 is 0. The van der Waals surface area contributed by atoms with Gasteiger partial charge in [0.1, 0.15) is 0 Å². The van der Waals surface area contributed by atoms with Crippen LogP contribution in [0.3, 0.4) is 0 Å². The predicted octanol–water partition coefficient (Wildman–Crippen LogP) is 3.15. The van der Waals surface area contributed by atoms with Crippen molar-refractivity contribution in [3.05, 3.63) is 0 Å². The highest BCUT2D eigenvalue weighted by Crippen LogP contribution is 2.27. The average Bonchev–Trinajstić information content (AvgIpc) is 2.02. The Morgan fingerprint density at radius 1 is 1.21 bits per heavy atom. The van der Waals surface area contributed by atoms with Gasteiger partial charge in [-0.15, -0.1) is 0 Å². The third kappa shape index (κ3) is 3.52. The van der Waals surface area contributed by atoms with Crippen LogP contribution < -0.4 is 0 Å². The fourth-order valence-electron chi connectivity index (χ4n) is 2.09. The first-order chi connectivity index (χ1) is 6.39.